The smallest absolute Gasteiger partial charge is 0.407 e. The number of esters is 1. The van der Waals surface area contributed by atoms with Gasteiger partial charge in [0.25, 0.3) is 0 Å². The number of nitrogens with one attached hydrogen (secondary N) is 1. The first-order valence-corrected chi connectivity index (χ1v) is 18.3. The summed E-state index contributed by atoms with van der Waals surface area (Å²) in [5.41, 5.74) is 6.25. The van der Waals surface area contributed by atoms with Crippen molar-refractivity contribution in [1.29, 1.82) is 0 Å². The van der Waals surface area contributed by atoms with E-state index in [1.807, 2.05) is 84.8 Å². The van der Waals surface area contributed by atoms with E-state index in [0.717, 1.165) is 11.1 Å². The lowest BCUT2D eigenvalue weighted by Crippen LogP contribution is -2.59. The van der Waals surface area contributed by atoms with E-state index < -0.39 is 71.8 Å². The van der Waals surface area contributed by atoms with Crippen LogP contribution in [0.2, 0.25) is 0 Å². The van der Waals surface area contributed by atoms with Gasteiger partial charge in [0.2, 0.25) is 0 Å². The van der Waals surface area contributed by atoms with Crippen molar-refractivity contribution in [2.45, 2.75) is 154 Å². The first-order chi connectivity index (χ1) is 23.3. The number of benzene rings is 1. The number of hydrogen-bond acceptors (Lipinski definition) is 11. The fraction of sp³-hybridized carbons (Fsp3) is 0.789. The lowest BCUT2D eigenvalue weighted by molar-refractivity contribution is -0.299. The molecule has 284 valence electrons. The van der Waals surface area contributed by atoms with Gasteiger partial charge < -0.3 is 49.8 Å². The van der Waals surface area contributed by atoms with Gasteiger partial charge in [0.1, 0.15) is 23.9 Å². The molecule has 12 nitrogen and oxygen atoms in total. The predicted molar refractivity (Wildman–Crippen MR) is 189 cm³/mol. The third kappa shape index (κ3) is 8.65. The van der Waals surface area contributed by atoms with Gasteiger partial charge in [-0.25, -0.2) is 4.79 Å². The van der Waals surface area contributed by atoms with Gasteiger partial charge >= 0.3 is 12.1 Å². The molecule has 3 aliphatic heterocycles. The van der Waals surface area contributed by atoms with Crippen LogP contribution in [0.4, 0.5) is 4.79 Å². The molecule has 5 N–H and O–H groups in total. The number of rotatable bonds is 7. The standard InChI is InChI=1S/C38H63N3O9/c1-12-28-38(9)32(39)23(5)30(50-38)21(3)18-37(8,45)33(49-35-29(42)27(41(10)11)17-22(4)46-35)24(6)31(25(7)34(43)47-28)48-36(44)40-19-26-15-13-20(2)14-16-26/h13-16,21-25,27-33,35,42,45H,12,17-19,39H2,1-11H3,(H,40,44)/t21-,22-,23-,24+,25-,27+,28+,29-,30-,31+,32+,33-,35?,37-,38?/m1/s1. The SMILES string of the molecule is CC[C@@H]1OC(=O)[C@H](C)[C@@H](OC(=O)NCc2ccc(C)cc2)[C@H](C)[C@@H](OC2O[C@H](C)C[C@H](N(C)C)[C@H]2O)[C@](C)(O)C[C@@H](C)[C@H]2OC1(C)[C@@H](N)[C@@H]2C. The molecule has 12 heteroatoms. The number of ether oxygens (including phenoxy) is 5. The number of aliphatic hydroxyl groups excluding tert-OH is 1. The van der Waals surface area contributed by atoms with Crippen LogP contribution >= 0.6 is 0 Å². The Kier molecular flexibility index (Phi) is 13.1. The quantitative estimate of drug-likeness (QED) is 0.305. The van der Waals surface area contributed by atoms with Crippen LogP contribution in [0.3, 0.4) is 0 Å². The Hall–Kier alpha value is -2.32. The fourth-order valence-electron chi connectivity index (χ4n) is 8.52. The number of aliphatic hydroxyl groups is 2. The average molecular weight is 706 g/mol. The van der Waals surface area contributed by atoms with Crippen molar-refractivity contribution >= 4 is 12.1 Å². The van der Waals surface area contributed by atoms with E-state index in [2.05, 4.69) is 5.32 Å². The minimum Gasteiger partial charge on any atom is -0.459 e. The number of fused-ring (bicyclic) bond motifs is 2. The molecule has 15 atom stereocenters. The Morgan fingerprint density at radius 1 is 1.10 bits per heavy atom. The molecule has 1 aromatic carbocycles. The highest BCUT2D eigenvalue weighted by Crippen LogP contribution is 2.45. The van der Waals surface area contributed by atoms with Gasteiger partial charge in [-0.05, 0) is 79.5 Å². The van der Waals surface area contributed by atoms with Gasteiger partial charge in [0, 0.05) is 30.5 Å². The lowest BCUT2D eigenvalue weighted by atomic mass is 9.75. The van der Waals surface area contributed by atoms with Gasteiger partial charge in [-0.3, -0.25) is 4.79 Å². The lowest BCUT2D eigenvalue weighted by Gasteiger charge is -2.47. The van der Waals surface area contributed by atoms with Gasteiger partial charge in [0.05, 0.1) is 29.8 Å². The van der Waals surface area contributed by atoms with Crippen LogP contribution in [-0.2, 0) is 35.0 Å². The van der Waals surface area contributed by atoms with Crippen LogP contribution in [0.5, 0.6) is 0 Å². The van der Waals surface area contributed by atoms with Crippen LogP contribution in [0.1, 0.15) is 85.8 Å². The monoisotopic (exact) mass is 705 g/mol. The van der Waals surface area contributed by atoms with Crippen molar-refractivity contribution < 1.29 is 43.5 Å². The van der Waals surface area contributed by atoms with Gasteiger partial charge in [0.15, 0.2) is 6.29 Å². The molecule has 0 aromatic heterocycles. The van der Waals surface area contributed by atoms with Crippen LogP contribution in [0.25, 0.3) is 0 Å². The number of carbonyl (C=O) groups is 2. The summed E-state index contributed by atoms with van der Waals surface area (Å²) in [6.45, 7) is 17.1. The number of alkyl carbamates (subject to hydrolysis) is 1. The summed E-state index contributed by atoms with van der Waals surface area (Å²) in [6, 6.07) is 7.05. The first-order valence-electron chi connectivity index (χ1n) is 18.3. The van der Waals surface area contributed by atoms with E-state index >= 15 is 0 Å². The number of aryl methyl sites for hydroxylation is 1. The number of hydrogen-bond donors (Lipinski definition) is 4. The Morgan fingerprint density at radius 2 is 1.74 bits per heavy atom. The summed E-state index contributed by atoms with van der Waals surface area (Å²) < 4.78 is 31.8. The van der Waals surface area contributed by atoms with E-state index in [1.54, 1.807) is 20.8 Å². The maximum Gasteiger partial charge on any atom is 0.407 e. The van der Waals surface area contributed by atoms with Crippen molar-refractivity contribution in [3.05, 3.63) is 35.4 Å². The van der Waals surface area contributed by atoms with E-state index in [-0.39, 0.29) is 43.1 Å². The van der Waals surface area contributed by atoms with Crippen LogP contribution in [-0.4, -0.2) is 107 Å². The molecule has 2 unspecified atom stereocenters. The van der Waals surface area contributed by atoms with Gasteiger partial charge in [-0.15, -0.1) is 0 Å². The number of amides is 1. The van der Waals surface area contributed by atoms with Crippen molar-refractivity contribution in [2.75, 3.05) is 14.1 Å². The number of nitrogens with two attached hydrogens (primary N) is 1. The van der Waals surface area contributed by atoms with Crippen molar-refractivity contribution in [2.24, 2.45) is 29.4 Å². The zero-order valence-corrected chi connectivity index (χ0v) is 31.9. The fourth-order valence-corrected chi connectivity index (χ4v) is 8.52. The number of likely N-dealkylation sites (N-methyl/N-ethyl adjacent to an activating group) is 1. The van der Waals surface area contributed by atoms with Crippen molar-refractivity contribution in [3.63, 3.8) is 0 Å². The molecule has 1 amide bonds. The Balaban J connectivity index is 1.75. The molecular formula is C38H63N3O9. The molecule has 3 saturated heterocycles. The van der Waals surface area contributed by atoms with Gasteiger partial charge in [-0.1, -0.05) is 57.5 Å². The van der Waals surface area contributed by atoms with Crippen molar-refractivity contribution in [3.8, 4) is 0 Å². The number of cyclic esters (lactones) is 1. The topological polar surface area (TPSA) is 162 Å². The summed E-state index contributed by atoms with van der Waals surface area (Å²) >= 11 is 0. The molecule has 0 saturated carbocycles. The summed E-state index contributed by atoms with van der Waals surface area (Å²) in [5.74, 6) is -2.65. The summed E-state index contributed by atoms with van der Waals surface area (Å²) in [5, 5.41) is 26.7. The highest BCUT2D eigenvalue weighted by molar-refractivity contribution is 5.74. The largest absolute Gasteiger partial charge is 0.459 e. The average Bonchev–Trinajstić information content (AvgIpc) is 3.29. The third-order valence-corrected chi connectivity index (χ3v) is 11.5. The zero-order valence-electron chi connectivity index (χ0n) is 31.9. The summed E-state index contributed by atoms with van der Waals surface area (Å²) in [7, 11) is 3.78. The number of nitrogens with zero attached hydrogens (tertiary/aromatic N) is 1. The predicted octanol–water partition coefficient (Wildman–Crippen LogP) is 3.91. The minimum absolute atomic E-state index is 0.103. The normalized spacial score (nSPS) is 42.9. The van der Waals surface area contributed by atoms with Crippen LogP contribution in [0.15, 0.2) is 24.3 Å². The summed E-state index contributed by atoms with van der Waals surface area (Å²) in [6.07, 6.45) is -5.02. The molecule has 0 spiro atoms. The molecule has 3 heterocycles. The Labute approximate surface area is 298 Å². The number of carbonyl (C=O) groups excluding carboxylic acids is 2. The molecule has 3 fully saturated rings. The maximum absolute atomic E-state index is 14.1. The Bertz CT molecular complexity index is 1290. The molecule has 2 bridgehead atoms. The second-order valence-electron chi connectivity index (χ2n) is 16.0. The first kappa shape index (κ1) is 40.5. The van der Waals surface area contributed by atoms with E-state index in [1.165, 1.54) is 0 Å². The molecular weight excluding hydrogens is 642 g/mol. The van der Waals surface area contributed by atoms with E-state index in [4.69, 9.17) is 29.4 Å². The van der Waals surface area contributed by atoms with E-state index in [9.17, 15) is 19.8 Å². The second-order valence-corrected chi connectivity index (χ2v) is 16.0. The molecule has 0 aliphatic carbocycles. The summed E-state index contributed by atoms with van der Waals surface area (Å²) in [4.78, 5) is 29.5. The van der Waals surface area contributed by atoms with Crippen LogP contribution < -0.4 is 11.1 Å². The zero-order chi connectivity index (χ0) is 37.3. The highest BCUT2D eigenvalue weighted by Gasteiger charge is 2.57. The van der Waals surface area contributed by atoms with E-state index in [0.29, 0.717) is 12.8 Å². The molecule has 1 aromatic rings. The minimum atomic E-state index is -1.57. The molecule has 4 rings (SSSR count). The van der Waals surface area contributed by atoms with Crippen LogP contribution in [0, 0.1) is 30.6 Å². The van der Waals surface area contributed by atoms with Gasteiger partial charge in [-0.2, -0.15) is 0 Å². The molecule has 0 radical (unpaired) electrons. The Morgan fingerprint density at radius 3 is 2.34 bits per heavy atom. The maximum atomic E-state index is 14.1. The van der Waals surface area contributed by atoms with Crippen molar-refractivity contribution in [1.82, 2.24) is 10.2 Å². The highest BCUT2D eigenvalue weighted by atomic mass is 16.7. The second kappa shape index (κ2) is 16.1. The molecule has 50 heavy (non-hydrogen) atoms. The third-order valence-electron chi connectivity index (χ3n) is 11.5. The molecule has 3 aliphatic rings.